The van der Waals surface area contributed by atoms with Crippen molar-refractivity contribution in [2.24, 2.45) is 0 Å². The molecule has 8 bridgehead atoms. The van der Waals surface area contributed by atoms with Crippen LogP contribution in [-0.2, 0) is 18.9 Å². The van der Waals surface area contributed by atoms with E-state index in [9.17, 15) is 116 Å². The summed E-state index contributed by atoms with van der Waals surface area (Å²) in [5.41, 5.74) is -63.6. The Kier molecular flexibility index (Phi) is 10.0. The van der Waals surface area contributed by atoms with E-state index in [1.54, 1.807) is 0 Å². The van der Waals surface area contributed by atoms with Gasteiger partial charge in [-0.05, 0) is 6.42 Å². The van der Waals surface area contributed by atoms with E-state index >= 15 is 26.3 Å². The molecule has 0 aromatic rings. The lowest BCUT2D eigenvalue weighted by molar-refractivity contribution is -0.618. The number of ether oxygens (including phenoxy) is 4. The quantitative estimate of drug-likeness (QED) is 0.138. The molecule has 0 radical (unpaired) electrons. The van der Waals surface area contributed by atoms with Crippen molar-refractivity contribution >= 4 is 0 Å². The molecule has 0 aromatic carbocycles. The molecular weight excluding hydrogens is 1010 g/mol. The van der Waals surface area contributed by atoms with Crippen molar-refractivity contribution in [1.82, 2.24) is 0 Å². The zero-order valence-corrected chi connectivity index (χ0v) is 30.0. The predicted octanol–water partition coefficient (Wildman–Crippen LogP) is 7.60. The first kappa shape index (κ1) is 52.0. The molecule has 8 saturated carbocycles. The maximum absolute atomic E-state index is 15.8. The monoisotopic (exact) mass is 1030 g/mol. The van der Waals surface area contributed by atoms with Crippen molar-refractivity contribution in [3.63, 3.8) is 0 Å². The van der Waals surface area contributed by atoms with Crippen LogP contribution in [-0.4, -0.2) is 178 Å². The number of rotatable bonds is 14. The van der Waals surface area contributed by atoms with Gasteiger partial charge in [0.15, 0.2) is 0 Å². The maximum Gasteiger partial charge on any atom is 0.339 e. The molecule has 8 aliphatic carbocycles. The highest BCUT2D eigenvalue weighted by Gasteiger charge is 3.25. The zero-order valence-electron chi connectivity index (χ0n) is 30.0. The Labute approximate surface area is 336 Å². The third-order valence-corrected chi connectivity index (χ3v) is 12.7. The summed E-state index contributed by atoms with van der Waals surface area (Å²) in [6.07, 6.45) is -7.41. The van der Waals surface area contributed by atoms with Gasteiger partial charge in [0.25, 0.3) is 0 Å². The topological polar surface area (TPSA) is 77.4 Å². The van der Waals surface area contributed by atoms with Crippen LogP contribution in [0.2, 0.25) is 0 Å². The Morgan fingerprint density at radius 3 is 0.738 bits per heavy atom. The van der Waals surface area contributed by atoms with Crippen LogP contribution in [0.15, 0.2) is 0 Å². The molecule has 0 heterocycles. The van der Waals surface area contributed by atoms with E-state index in [0.717, 1.165) is 0 Å². The fraction of sp³-hybridized carbons (Fsp3) is 1.00. The van der Waals surface area contributed by atoms with E-state index in [4.69, 9.17) is 0 Å². The molecule has 8 aliphatic rings. The molecule has 0 aliphatic heterocycles. The molecule has 8 fully saturated rings. The zero-order chi connectivity index (χ0) is 50.9. The molecule has 8 rings (SSSR count). The van der Waals surface area contributed by atoms with Crippen molar-refractivity contribution < 1.29 is 161 Å². The van der Waals surface area contributed by atoms with Crippen molar-refractivity contribution in [2.75, 3.05) is 39.6 Å². The van der Waals surface area contributed by atoms with Gasteiger partial charge in [0.1, 0.15) is 6.10 Å². The summed E-state index contributed by atoms with van der Waals surface area (Å²) in [6, 6.07) is 0. The van der Waals surface area contributed by atoms with E-state index < -0.39 is 175 Å². The highest BCUT2D eigenvalue weighted by Crippen LogP contribution is 2.91. The Morgan fingerprint density at radius 2 is 0.477 bits per heavy atom. The van der Waals surface area contributed by atoms with Gasteiger partial charge in [-0.25, -0.2) is 43.9 Å². The number of halogens is 30. The van der Waals surface area contributed by atoms with Gasteiger partial charge in [0.05, 0.1) is 39.1 Å². The number of alkyl halides is 30. The minimum absolute atomic E-state index is 1.10. The van der Waals surface area contributed by atoms with Crippen molar-refractivity contribution in [3.05, 3.63) is 0 Å². The lowest BCUT2D eigenvalue weighted by atomic mass is 9.40. The van der Waals surface area contributed by atoms with E-state index in [1.165, 1.54) is 0 Å². The first-order valence-corrected chi connectivity index (χ1v) is 17.0. The summed E-state index contributed by atoms with van der Waals surface area (Å²) in [4.78, 5) is 0. The van der Waals surface area contributed by atoms with Crippen LogP contribution in [0.4, 0.5) is 132 Å². The van der Waals surface area contributed by atoms with Crippen molar-refractivity contribution in [3.8, 4) is 0 Å². The molecule has 2 unspecified atom stereocenters. The third kappa shape index (κ3) is 3.95. The van der Waals surface area contributed by atoms with Gasteiger partial charge in [0.2, 0.25) is 0 Å². The minimum atomic E-state index is -8.13. The van der Waals surface area contributed by atoms with Crippen LogP contribution >= 0.6 is 0 Å². The number of aliphatic hydroxyl groups excluding tert-OH is 2. The molecule has 2 atom stereocenters. The largest absolute Gasteiger partial charge is 0.391 e. The normalized spacial score (nSPS) is 49.5. The minimum Gasteiger partial charge on any atom is -0.391 e. The number of aliphatic hydroxyl groups is 2. The molecule has 36 heteroatoms. The van der Waals surface area contributed by atoms with Gasteiger partial charge in [-0.15, -0.1) is 0 Å². The smallest absolute Gasteiger partial charge is 0.339 e. The summed E-state index contributed by atoms with van der Waals surface area (Å²) >= 11 is 0. The van der Waals surface area contributed by atoms with Crippen LogP contribution in [0.1, 0.15) is 6.42 Å². The van der Waals surface area contributed by atoms with Crippen LogP contribution in [0, 0.1) is 0 Å². The Balaban J connectivity index is 1.08. The van der Waals surface area contributed by atoms with Crippen molar-refractivity contribution in [1.29, 1.82) is 0 Å². The first-order chi connectivity index (χ1) is 28.5. The highest BCUT2D eigenvalue weighted by atomic mass is 19.4. The van der Waals surface area contributed by atoms with E-state index in [0.29, 0.717) is 0 Å². The second kappa shape index (κ2) is 12.5. The lowest BCUT2D eigenvalue weighted by Gasteiger charge is -2.74. The van der Waals surface area contributed by atoms with Gasteiger partial charge < -0.3 is 29.2 Å². The fourth-order valence-corrected chi connectivity index (χ4v) is 9.23. The molecule has 0 saturated heterocycles. The average molecular weight is 1030 g/mol. The molecule has 0 aromatic heterocycles. The lowest BCUT2D eigenvalue weighted by Crippen LogP contribution is -3.09. The standard InChI is InChI=1S/C29H18F30O6/c30-10-18(38,39)11(31)22(46,47)14(34,20(10,42)43)28(58,15(35,21(10,44)45)23(11,48)49)64-6-8(60)1-2-62-3-4-63-5-9(61)7-65-29(59)16(36)24(50,51)12(32)19(40,41)13(33,26(16,54)55)27(56,57)17(29,37)25(12,52)53/h8-9,60-61H,1-7H2. The molecule has 2 N–H and O–H groups in total. The first-order valence-electron chi connectivity index (χ1n) is 17.0. The molecule has 0 amide bonds. The second-order valence-corrected chi connectivity index (χ2v) is 15.6. The summed E-state index contributed by atoms with van der Waals surface area (Å²) in [7, 11) is 0. The van der Waals surface area contributed by atoms with Gasteiger partial charge in [-0.1, -0.05) is 0 Å². The van der Waals surface area contributed by atoms with Crippen LogP contribution in [0.3, 0.4) is 0 Å². The molecule has 380 valence electrons. The van der Waals surface area contributed by atoms with Crippen molar-refractivity contribution in [2.45, 2.75) is 135 Å². The summed E-state index contributed by atoms with van der Waals surface area (Å²) in [6.45, 7) is -10.7. The van der Waals surface area contributed by atoms with Crippen LogP contribution in [0.5, 0.6) is 0 Å². The molecule has 0 spiro atoms. The van der Waals surface area contributed by atoms with Crippen LogP contribution in [0.25, 0.3) is 0 Å². The molecular formula is C29H18F30O6. The summed E-state index contributed by atoms with van der Waals surface area (Å²) < 4.78 is 462. The fourth-order valence-electron chi connectivity index (χ4n) is 9.23. The second-order valence-electron chi connectivity index (χ2n) is 15.6. The van der Waals surface area contributed by atoms with E-state index in [2.05, 4.69) is 18.9 Å². The highest BCUT2D eigenvalue weighted by molar-refractivity contribution is 5.56. The summed E-state index contributed by atoms with van der Waals surface area (Å²) in [5, 5.41) is 19.5. The SMILES string of the molecule is OC(CCOCCOCC(O)COC1(F)C2(F)C(F)(F)C3(F)C(F)(F)C(F)(C2(F)F)C(F)(F)C1(F)C3(F)F)COC1(F)C2(F)C(F)(F)C3(F)C(F)(F)C(F)(C2(F)F)C(F)(F)C1(F)C3(F)F. The molecule has 6 nitrogen and oxygen atoms in total. The van der Waals surface area contributed by atoms with E-state index in [-0.39, 0.29) is 0 Å². The number of hydrogen-bond donors (Lipinski definition) is 2. The predicted molar refractivity (Wildman–Crippen MR) is 138 cm³/mol. The Hall–Kier alpha value is -2.34. The Morgan fingerprint density at radius 1 is 0.262 bits per heavy atom. The Bertz CT molecular complexity index is 1660. The van der Waals surface area contributed by atoms with Gasteiger partial charge in [0, 0.05) is 6.61 Å². The van der Waals surface area contributed by atoms with Gasteiger partial charge >= 0.3 is 116 Å². The average Bonchev–Trinajstić information content (AvgIpc) is 3.17. The molecule has 65 heavy (non-hydrogen) atoms. The van der Waals surface area contributed by atoms with Crippen LogP contribution < -0.4 is 0 Å². The van der Waals surface area contributed by atoms with Gasteiger partial charge in [-0.2, -0.15) is 87.8 Å². The third-order valence-electron chi connectivity index (χ3n) is 12.7. The van der Waals surface area contributed by atoms with Gasteiger partial charge in [-0.3, -0.25) is 0 Å². The number of hydrogen-bond acceptors (Lipinski definition) is 6. The summed E-state index contributed by atoms with van der Waals surface area (Å²) in [5.74, 6) is -95.9. The van der Waals surface area contributed by atoms with E-state index in [1.807, 2.05) is 0 Å². The maximum atomic E-state index is 15.8.